The van der Waals surface area contributed by atoms with Crippen molar-refractivity contribution in [3.05, 3.63) is 94.0 Å². The lowest BCUT2D eigenvalue weighted by Crippen LogP contribution is -2.13. The van der Waals surface area contributed by atoms with Gasteiger partial charge in [0.25, 0.3) is 11.8 Å². The SMILES string of the molecule is COc1c(C(N)=O)ccc2c1nc(-c1cc(C)ccc1C=O)n2CCn1c(-c2cc(C)ccc2C(=O)O)nc2c(OC)c(C(N)=O)ccc21. The third kappa shape index (κ3) is 5.50. The first-order chi connectivity index (χ1) is 23.5. The van der Waals surface area contributed by atoms with Crippen molar-refractivity contribution in [1.29, 1.82) is 0 Å². The number of primary amides is 2. The van der Waals surface area contributed by atoms with Gasteiger partial charge in [0.2, 0.25) is 0 Å². The highest BCUT2D eigenvalue weighted by molar-refractivity contribution is 6.04. The van der Waals surface area contributed by atoms with E-state index >= 15 is 0 Å². The molecule has 0 radical (unpaired) electrons. The van der Waals surface area contributed by atoms with Crippen molar-refractivity contribution in [3.8, 4) is 34.3 Å². The zero-order valence-electron chi connectivity index (χ0n) is 27.1. The largest absolute Gasteiger partial charge is 0.494 e. The first-order valence-electron chi connectivity index (χ1n) is 15.1. The molecule has 2 aromatic heterocycles. The second kappa shape index (κ2) is 12.6. The second-order valence-corrected chi connectivity index (χ2v) is 11.5. The normalized spacial score (nSPS) is 11.2. The van der Waals surface area contributed by atoms with Crippen molar-refractivity contribution in [2.24, 2.45) is 11.5 Å². The topological polar surface area (TPSA) is 195 Å². The number of methoxy groups -OCH3 is 2. The Kier molecular flexibility index (Phi) is 8.34. The Balaban J connectivity index is 1.63. The van der Waals surface area contributed by atoms with E-state index in [-0.39, 0.29) is 41.3 Å². The van der Waals surface area contributed by atoms with Crippen LogP contribution in [0, 0.1) is 13.8 Å². The number of carbonyl (C=O) groups is 4. The van der Waals surface area contributed by atoms with Gasteiger partial charge in [-0.2, -0.15) is 0 Å². The van der Waals surface area contributed by atoms with Crippen molar-refractivity contribution >= 4 is 46.1 Å². The van der Waals surface area contributed by atoms with Gasteiger partial charge in [0, 0.05) is 29.8 Å². The molecule has 0 bridgehead atoms. The molecule has 5 N–H and O–H groups in total. The first kappa shape index (κ1) is 32.4. The lowest BCUT2D eigenvalue weighted by Gasteiger charge is -2.15. The molecule has 0 aliphatic heterocycles. The van der Waals surface area contributed by atoms with Gasteiger partial charge in [-0.1, -0.05) is 29.3 Å². The number of fused-ring (bicyclic) bond motifs is 2. The predicted molar refractivity (Wildman–Crippen MR) is 182 cm³/mol. The van der Waals surface area contributed by atoms with Crippen LogP contribution in [-0.2, 0) is 13.1 Å². The van der Waals surface area contributed by atoms with Crippen molar-refractivity contribution < 1.29 is 33.8 Å². The van der Waals surface area contributed by atoms with Gasteiger partial charge in [-0.3, -0.25) is 14.4 Å². The number of benzene rings is 4. The number of amides is 2. The maximum Gasteiger partial charge on any atom is 0.336 e. The second-order valence-electron chi connectivity index (χ2n) is 11.5. The summed E-state index contributed by atoms with van der Waals surface area (Å²) in [5.74, 6) is -1.44. The smallest absolute Gasteiger partial charge is 0.336 e. The molecule has 248 valence electrons. The number of carbonyl (C=O) groups excluding carboxylic acids is 3. The summed E-state index contributed by atoms with van der Waals surface area (Å²) in [6, 6.07) is 16.8. The van der Waals surface area contributed by atoms with Crippen LogP contribution in [0.5, 0.6) is 11.5 Å². The van der Waals surface area contributed by atoms with Crippen LogP contribution in [0.3, 0.4) is 0 Å². The Bertz CT molecular complexity index is 2350. The summed E-state index contributed by atoms with van der Waals surface area (Å²) in [6.45, 7) is 4.18. The zero-order chi connectivity index (χ0) is 35.1. The lowest BCUT2D eigenvalue weighted by molar-refractivity contribution is 0.0697. The molecule has 0 aliphatic rings. The van der Waals surface area contributed by atoms with Crippen LogP contribution in [0.15, 0.2) is 60.7 Å². The highest BCUT2D eigenvalue weighted by Gasteiger charge is 2.26. The third-order valence-corrected chi connectivity index (χ3v) is 8.46. The van der Waals surface area contributed by atoms with Crippen molar-refractivity contribution in [1.82, 2.24) is 19.1 Å². The fourth-order valence-electron chi connectivity index (χ4n) is 6.20. The molecule has 13 nitrogen and oxygen atoms in total. The Hall–Kier alpha value is -6.50. The fourth-order valence-corrected chi connectivity index (χ4v) is 6.20. The average molecular weight is 661 g/mol. The van der Waals surface area contributed by atoms with E-state index in [0.717, 1.165) is 17.4 Å². The van der Waals surface area contributed by atoms with Gasteiger partial charge >= 0.3 is 5.97 Å². The van der Waals surface area contributed by atoms with Crippen LogP contribution >= 0.6 is 0 Å². The summed E-state index contributed by atoms with van der Waals surface area (Å²) in [5, 5.41) is 10.1. The maximum absolute atomic E-state index is 12.4. The molecule has 13 heteroatoms. The lowest BCUT2D eigenvalue weighted by atomic mass is 10.0. The quantitative estimate of drug-likeness (QED) is 0.164. The van der Waals surface area contributed by atoms with Crippen LogP contribution in [0.2, 0.25) is 0 Å². The molecule has 2 amide bonds. The van der Waals surface area contributed by atoms with Crippen molar-refractivity contribution in [2.75, 3.05) is 14.2 Å². The van der Waals surface area contributed by atoms with Crippen LogP contribution in [0.4, 0.5) is 0 Å². The molecule has 0 aliphatic carbocycles. The number of nitrogens with zero attached hydrogens (tertiary/aromatic N) is 4. The van der Waals surface area contributed by atoms with E-state index in [0.29, 0.717) is 50.4 Å². The predicted octanol–water partition coefficient (Wildman–Crippen LogP) is 4.76. The summed E-state index contributed by atoms with van der Waals surface area (Å²) < 4.78 is 15.0. The van der Waals surface area contributed by atoms with Crippen molar-refractivity contribution in [3.63, 3.8) is 0 Å². The molecule has 0 saturated heterocycles. The minimum absolute atomic E-state index is 0.0316. The number of ether oxygens (including phenoxy) is 2. The van der Waals surface area contributed by atoms with Gasteiger partial charge in [0.15, 0.2) is 17.8 Å². The molecule has 0 spiro atoms. The van der Waals surface area contributed by atoms with Crippen molar-refractivity contribution in [2.45, 2.75) is 26.9 Å². The number of carboxylic acids is 1. The molecule has 2 heterocycles. The molecule has 6 aromatic rings. The summed E-state index contributed by atoms with van der Waals surface area (Å²) in [6.07, 6.45) is 0.750. The Morgan fingerprint density at radius 1 is 0.714 bits per heavy atom. The van der Waals surface area contributed by atoms with Gasteiger partial charge in [-0.15, -0.1) is 0 Å². The highest BCUT2D eigenvalue weighted by atomic mass is 16.5. The van der Waals surface area contributed by atoms with E-state index < -0.39 is 17.8 Å². The van der Waals surface area contributed by atoms with Gasteiger partial charge in [0.1, 0.15) is 22.7 Å². The molecular weight excluding hydrogens is 628 g/mol. The van der Waals surface area contributed by atoms with E-state index in [1.54, 1.807) is 36.4 Å². The minimum atomic E-state index is -1.14. The van der Waals surface area contributed by atoms with E-state index in [4.69, 9.17) is 30.9 Å². The average Bonchev–Trinajstić information content (AvgIpc) is 3.64. The molecule has 4 aromatic carbocycles. The van der Waals surface area contributed by atoms with Gasteiger partial charge < -0.3 is 35.2 Å². The van der Waals surface area contributed by atoms with E-state index in [9.17, 15) is 24.3 Å². The number of aromatic carboxylic acids is 1. The minimum Gasteiger partial charge on any atom is -0.494 e. The van der Waals surface area contributed by atoms with Crippen LogP contribution < -0.4 is 20.9 Å². The molecule has 0 unspecified atom stereocenters. The van der Waals surface area contributed by atoms with E-state index in [1.807, 2.05) is 35.1 Å². The van der Waals surface area contributed by atoms with Crippen LogP contribution in [-0.4, -0.2) is 62.5 Å². The van der Waals surface area contributed by atoms with E-state index in [1.165, 1.54) is 26.4 Å². The summed E-state index contributed by atoms with van der Waals surface area (Å²) in [7, 11) is 2.82. The number of imidazole rings is 2. The Morgan fingerprint density at radius 3 is 1.61 bits per heavy atom. The molecule has 49 heavy (non-hydrogen) atoms. The maximum atomic E-state index is 12.4. The van der Waals surface area contributed by atoms with Gasteiger partial charge in [-0.25, -0.2) is 14.8 Å². The van der Waals surface area contributed by atoms with Gasteiger partial charge in [0.05, 0.1) is 41.9 Å². The Morgan fingerprint density at radius 2 is 1.16 bits per heavy atom. The molecule has 0 saturated carbocycles. The summed E-state index contributed by atoms with van der Waals surface area (Å²) in [5.41, 5.74) is 16.5. The highest BCUT2D eigenvalue weighted by Crippen LogP contribution is 2.37. The number of carboxylic acid groups (broad SMARTS) is 1. The zero-order valence-corrected chi connectivity index (χ0v) is 27.1. The first-order valence-corrected chi connectivity index (χ1v) is 15.1. The molecule has 0 atom stereocenters. The number of aldehydes is 1. The molecule has 0 fully saturated rings. The summed E-state index contributed by atoms with van der Waals surface area (Å²) >= 11 is 0. The number of hydrogen-bond donors (Lipinski definition) is 3. The Labute approximate surface area is 279 Å². The number of nitrogens with two attached hydrogens (primary N) is 2. The number of hydrogen-bond acceptors (Lipinski definition) is 8. The number of rotatable bonds is 11. The number of aromatic nitrogens is 4. The summed E-state index contributed by atoms with van der Waals surface area (Å²) in [4.78, 5) is 59.0. The fraction of sp³-hybridized carbons (Fsp3) is 0.167. The van der Waals surface area contributed by atoms with E-state index in [2.05, 4.69) is 0 Å². The molecule has 6 rings (SSSR count). The monoisotopic (exact) mass is 660 g/mol. The van der Waals surface area contributed by atoms with Gasteiger partial charge in [-0.05, 0) is 56.3 Å². The third-order valence-electron chi connectivity index (χ3n) is 8.46. The van der Waals surface area contributed by atoms with Crippen LogP contribution in [0.25, 0.3) is 44.8 Å². The standard InChI is InChI=1S/C36H32N6O7/c1-18-5-7-20(17-43)24(15-18)34-39-28-26(11-9-22(32(37)44)30(28)48-3)41(34)13-14-42-27-12-10-23(33(38)45)31(49-4)29(27)40-35(42)25-16-19(2)6-8-21(25)36(46)47/h5-12,15-17H,13-14H2,1-4H3,(H2,37,44)(H2,38,45)(H,46,47). The van der Waals surface area contributed by atoms with Crippen LogP contribution in [0.1, 0.15) is 52.6 Å². The number of aryl methyl sites for hydroxylation is 4. The molecular formula is C36H32N6O7.